The van der Waals surface area contributed by atoms with Crippen LogP contribution in [0.4, 0.5) is 0 Å². The Bertz CT molecular complexity index is 543. The summed E-state index contributed by atoms with van der Waals surface area (Å²) in [7, 11) is 0. The highest BCUT2D eigenvalue weighted by atomic mass is 79.9. The molecule has 0 unspecified atom stereocenters. The van der Waals surface area contributed by atoms with Gasteiger partial charge in [-0.05, 0) is 33.6 Å². The standard InChI is InChI=1S/C12H12BrN3O2/c13-10-1-8(2-11-12(10)18-7-17-11)3-14-4-9-5-15-6-16-9/h1-2,5-6,14H,3-4,7H2,(H,15,16). The smallest absolute Gasteiger partial charge is 0.231 e. The van der Waals surface area contributed by atoms with Gasteiger partial charge in [0, 0.05) is 25.0 Å². The molecule has 0 atom stereocenters. The number of rotatable bonds is 4. The van der Waals surface area contributed by atoms with Crippen LogP contribution in [0, 0.1) is 0 Å². The van der Waals surface area contributed by atoms with Gasteiger partial charge in [0.25, 0.3) is 0 Å². The zero-order chi connectivity index (χ0) is 12.4. The monoisotopic (exact) mass is 309 g/mol. The number of benzene rings is 1. The van der Waals surface area contributed by atoms with Crippen molar-refractivity contribution in [1.82, 2.24) is 15.3 Å². The first kappa shape index (κ1) is 11.6. The average Bonchev–Trinajstić information content (AvgIpc) is 2.99. The third kappa shape index (κ3) is 2.34. The average molecular weight is 310 g/mol. The molecule has 3 rings (SSSR count). The fraction of sp³-hybridized carbons (Fsp3) is 0.250. The van der Waals surface area contributed by atoms with E-state index in [9.17, 15) is 0 Å². The number of aromatic amines is 1. The second kappa shape index (κ2) is 4.99. The highest BCUT2D eigenvalue weighted by Crippen LogP contribution is 2.39. The Morgan fingerprint density at radius 3 is 3.11 bits per heavy atom. The fourth-order valence-corrected chi connectivity index (χ4v) is 2.45. The highest BCUT2D eigenvalue weighted by molar-refractivity contribution is 9.10. The SMILES string of the molecule is Brc1cc(CNCc2cnc[nH]2)cc2c1OCO2. The number of H-pyrrole nitrogens is 1. The minimum absolute atomic E-state index is 0.291. The van der Waals surface area contributed by atoms with Crippen molar-refractivity contribution in [2.75, 3.05) is 6.79 Å². The third-order valence-corrected chi connectivity index (χ3v) is 3.28. The Morgan fingerprint density at radius 2 is 2.28 bits per heavy atom. The van der Waals surface area contributed by atoms with Gasteiger partial charge < -0.3 is 19.8 Å². The van der Waals surface area contributed by atoms with E-state index in [1.54, 1.807) is 6.33 Å². The molecule has 1 aromatic carbocycles. The van der Waals surface area contributed by atoms with E-state index < -0.39 is 0 Å². The summed E-state index contributed by atoms with van der Waals surface area (Å²) in [6.07, 6.45) is 3.48. The molecule has 0 spiro atoms. The molecule has 6 heteroatoms. The first-order valence-electron chi connectivity index (χ1n) is 5.59. The third-order valence-electron chi connectivity index (χ3n) is 2.69. The number of hydrogen-bond donors (Lipinski definition) is 2. The Morgan fingerprint density at radius 1 is 1.33 bits per heavy atom. The molecule has 1 aliphatic heterocycles. The van der Waals surface area contributed by atoms with Crippen LogP contribution in [-0.2, 0) is 13.1 Å². The van der Waals surface area contributed by atoms with Crippen molar-refractivity contribution in [3.63, 3.8) is 0 Å². The molecule has 1 aliphatic rings. The van der Waals surface area contributed by atoms with Crippen molar-refractivity contribution < 1.29 is 9.47 Å². The molecular weight excluding hydrogens is 298 g/mol. The minimum Gasteiger partial charge on any atom is -0.454 e. The van der Waals surface area contributed by atoms with Crippen LogP contribution in [0.5, 0.6) is 11.5 Å². The second-order valence-corrected chi connectivity index (χ2v) is 4.85. The molecule has 1 aromatic heterocycles. The molecule has 94 valence electrons. The number of nitrogens with one attached hydrogen (secondary N) is 2. The Balaban J connectivity index is 1.65. The van der Waals surface area contributed by atoms with Gasteiger partial charge in [0.15, 0.2) is 11.5 Å². The molecule has 2 heterocycles. The van der Waals surface area contributed by atoms with Gasteiger partial charge in [0.05, 0.1) is 10.8 Å². The predicted molar refractivity (Wildman–Crippen MR) is 69.4 cm³/mol. The summed E-state index contributed by atoms with van der Waals surface area (Å²) in [6, 6.07) is 4.03. The lowest BCUT2D eigenvalue weighted by molar-refractivity contribution is 0.173. The number of halogens is 1. The maximum atomic E-state index is 5.38. The van der Waals surface area contributed by atoms with Gasteiger partial charge in [-0.25, -0.2) is 4.98 Å². The molecule has 0 amide bonds. The number of ether oxygens (including phenoxy) is 2. The molecule has 0 aliphatic carbocycles. The summed E-state index contributed by atoms with van der Waals surface area (Å²) in [6.45, 7) is 1.80. The molecule has 0 bridgehead atoms. The van der Waals surface area contributed by atoms with Gasteiger partial charge in [0.1, 0.15) is 0 Å². The largest absolute Gasteiger partial charge is 0.454 e. The predicted octanol–water partition coefficient (Wildman–Crippen LogP) is 2.19. The molecule has 5 nitrogen and oxygen atoms in total. The number of aromatic nitrogens is 2. The first-order chi connectivity index (χ1) is 8.83. The van der Waals surface area contributed by atoms with Crippen LogP contribution in [0.3, 0.4) is 0 Å². The highest BCUT2D eigenvalue weighted by Gasteiger charge is 2.17. The molecular formula is C12H12BrN3O2. The van der Waals surface area contributed by atoms with Crippen molar-refractivity contribution in [1.29, 1.82) is 0 Å². The zero-order valence-electron chi connectivity index (χ0n) is 9.57. The minimum atomic E-state index is 0.291. The van der Waals surface area contributed by atoms with Crippen molar-refractivity contribution in [3.8, 4) is 11.5 Å². The van der Waals surface area contributed by atoms with E-state index in [0.29, 0.717) is 6.79 Å². The molecule has 0 saturated heterocycles. The lowest BCUT2D eigenvalue weighted by Crippen LogP contribution is -2.12. The summed E-state index contributed by atoms with van der Waals surface area (Å²) >= 11 is 3.48. The van der Waals surface area contributed by atoms with Crippen LogP contribution in [0.1, 0.15) is 11.3 Å². The number of nitrogens with zero attached hydrogens (tertiary/aromatic N) is 1. The second-order valence-electron chi connectivity index (χ2n) is 3.99. The van der Waals surface area contributed by atoms with Crippen molar-refractivity contribution in [2.45, 2.75) is 13.1 Å². The summed E-state index contributed by atoms with van der Waals surface area (Å²) < 4.78 is 11.6. The van der Waals surface area contributed by atoms with Gasteiger partial charge in [-0.3, -0.25) is 0 Å². The Hall–Kier alpha value is -1.53. The Labute approximate surface area is 113 Å². The zero-order valence-corrected chi connectivity index (χ0v) is 11.2. The van der Waals surface area contributed by atoms with Gasteiger partial charge in [-0.2, -0.15) is 0 Å². The van der Waals surface area contributed by atoms with Crippen LogP contribution in [0.15, 0.2) is 29.1 Å². The van der Waals surface area contributed by atoms with Gasteiger partial charge >= 0.3 is 0 Å². The van der Waals surface area contributed by atoms with E-state index in [1.807, 2.05) is 18.3 Å². The molecule has 0 fully saturated rings. The Kier molecular flexibility index (Phi) is 3.21. The van der Waals surface area contributed by atoms with Crippen molar-refractivity contribution in [2.24, 2.45) is 0 Å². The quantitative estimate of drug-likeness (QED) is 0.909. The topological polar surface area (TPSA) is 59.2 Å². The number of fused-ring (bicyclic) bond motifs is 1. The molecule has 2 aromatic rings. The summed E-state index contributed by atoms with van der Waals surface area (Å²) in [5, 5.41) is 3.33. The van der Waals surface area contributed by atoms with Crippen LogP contribution in [0.2, 0.25) is 0 Å². The van der Waals surface area contributed by atoms with Gasteiger partial charge in [-0.1, -0.05) is 0 Å². The summed E-state index contributed by atoms with van der Waals surface area (Å²) in [5.41, 5.74) is 2.21. The van der Waals surface area contributed by atoms with Crippen LogP contribution in [-0.4, -0.2) is 16.8 Å². The molecule has 18 heavy (non-hydrogen) atoms. The maximum absolute atomic E-state index is 5.38. The van der Waals surface area contributed by atoms with Gasteiger partial charge in [-0.15, -0.1) is 0 Å². The normalized spacial score (nSPS) is 12.9. The van der Waals surface area contributed by atoms with E-state index in [-0.39, 0.29) is 0 Å². The van der Waals surface area contributed by atoms with Crippen molar-refractivity contribution >= 4 is 15.9 Å². The van der Waals surface area contributed by atoms with E-state index in [4.69, 9.17) is 9.47 Å². The van der Waals surface area contributed by atoms with Crippen molar-refractivity contribution in [3.05, 3.63) is 40.4 Å². The van der Waals surface area contributed by atoms with E-state index in [0.717, 1.165) is 40.3 Å². The number of imidazole rings is 1. The van der Waals surface area contributed by atoms with Crippen LogP contribution in [0.25, 0.3) is 0 Å². The number of hydrogen-bond acceptors (Lipinski definition) is 4. The van der Waals surface area contributed by atoms with E-state index >= 15 is 0 Å². The van der Waals surface area contributed by atoms with Gasteiger partial charge in [0.2, 0.25) is 6.79 Å². The first-order valence-corrected chi connectivity index (χ1v) is 6.38. The summed E-state index contributed by atoms with van der Waals surface area (Å²) in [5.74, 6) is 1.58. The lowest BCUT2D eigenvalue weighted by Gasteiger charge is -2.06. The van der Waals surface area contributed by atoms with Crippen LogP contribution < -0.4 is 14.8 Å². The summed E-state index contributed by atoms with van der Waals surface area (Å²) in [4.78, 5) is 7.02. The van der Waals surface area contributed by atoms with Crippen LogP contribution >= 0.6 is 15.9 Å². The molecule has 2 N–H and O–H groups in total. The fourth-order valence-electron chi connectivity index (χ4n) is 1.85. The molecule has 0 saturated carbocycles. The van der Waals surface area contributed by atoms with E-state index in [1.165, 1.54) is 0 Å². The molecule has 0 radical (unpaired) electrons. The lowest BCUT2D eigenvalue weighted by atomic mass is 10.2. The van der Waals surface area contributed by atoms with E-state index in [2.05, 4.69) is 31.2 Å². The maximum Gasteiger partial charge on any atom is 0.231 e.